The van der Waals surface area contributed by atoms with Gasteiger partial charge in [0.25, 0.3) is 0 Å². The van der Waals surface area contributed by atoms with Crippen LogP contribution in [0.15, 0.2) is 18.5 Å². The number of hydrogen-bond donors (Lipinski definition) is 1. The first-order chi connectivity index (χ1) is 10.3. The average Bonchev–Trinajstić information content (AvgIpc) is 2.55. The third-order valence-electron chi connectivity index (χ3n) is 3.19. The molecule has 0 spiro atoms. The fourth-order valence-corrected chi connectivity index (χ4v) is 2.28. The lowest BCUT2D eigenvalue weighted by Gasteiger charge is -2.27. The van der Waals surface area contributed by atoms with Crippen LogP contribution < -0.4 is 10.2 Å². The number of rotatable bonds is 3. The third-order valence-corrected chi connectivity index (χ3v) is 3.36. The molecule has 21 heavy (non-hydrogen) atoms. The Morgan fingerprint density at radius 1 is 1.19 bits per heavy atom. The van der Waals surface area contributed by atoms with Crippen LogP contribution in [0.2, 0.25) is 5.28 Å². The molecule has 1 fully saturated rings. The lowest BCUT2D eigenvalue weighted by Crippen LogP contribution is -2.36. The monoisotopic (exact) mass is 306 g/mol. The molecular formula is C13H15ClN6O. The van der Waals surface area contributed by atoms with Gasteiger partial charge in [-0.05, 0) is 11.6 Å². The zero-order chi connectivity index (χ0) is 14.7. The summed E-state index contributed by atoms with van der Waals surface area (Å²) in [5.74, 6) is 1.36. The Hall–Kier alpha value is -1.99. The van der Waals surface area contributed by atoms with Gasteiger partial charge in [0.1, 0.15) is 5.82 Å². The van der Waals surface area contributed by atoms with Gasteiger partial charge in [-0.3, -0.25) is 0 Å². The van der Waals surface area contributed by atoms with Gasteiger partial charge in [0.15, 0.2) is 0 Å². The first-order valence-corrected chi connectivity index (χ1v) is 7.01. The van der Waals surface area contributed by atoms with Gasteiger partial charge in [0.05, 0.1) is 18.9 Å². The Bertz CT molecular complexity index is 615. The molecule has 7 nitrogen and oxygen atoms in total. The fraction of sp³-hybridized carbons (Fsp3) is 0.385. The van der Waals surface area contributed by atoms with Crippen LogP contribution in [-0.2, 0) is 4.74 Å². The SMILES string of the molecule is CNc1ncc(-c2cc(N3CCOCC3)nc(Cl)n2)cn1. The highest BCUT2D eigenvalue weighted by molar-refractivity contribution is 6.28. The molecule has 0 bridgehead atoms. The Balaban J connectivity index is 1.92. The van der Waals surface area contributed by atoms with E-state index < -0.39 is 0 Å². The van der Waals surface area contributed by atoms with Crippen LogP contribution in [0.1, 0.15) is 0 Å². The van der Waals surface area contributed by atoms with Gasteiger partial charge in [0, 0.05) is 44.2 Å². The van der Waals surface area contributed by atoms with Crippen molar-refractivity contribution in [1.82, 2.24) is 19.9 Å². The quantitative estimate of drug-likeness (QED) is 0.860. The van der Waals surface area contributed by atoms with Crippen molar-refractivity contribution in [3.63, 3.8) is 0 Å². The van der Waals surface area contributed by atoms with E-state index >= 15 is 0 Å². The van der Waals surface area contributed by atoms with Gasteiger partial charge in [-0.25, -0.2) is 19.9 Å². The predicted molar refractivity (Wildman–Crippen MR) is 80.6 cm³/mol. The summed E-state index contributed by atoms with van der Waals surface area (Å²) in [6.07, 6.45) is 3.42. The number of nitrogens with zero attached hydrogens (tertiary/aromatic N) is 5. The molecule has 3 heterocycles. The number of nitrogens with one attached hydrogen (secondary N) is 1. The van der Waals surface area contributed by atoms with Crippen LogP contribution in [0.25, 0.3) is 11.3 Å². The highest BCUT2D eigenvalue weighted by atomic mass is 35.5. The number of morpholine rings is 1. The molecular weight excluding hydrogens is 292 g/mol. The lowest BCUT2D eigenvalue weighted by molar-refractivity contribution is 0.122. The molecule has 0 aromatic carbocycles. The largest absolute Gasteiger partial charge is 0.378 e. The molecule has 0 saturated carbocycles. The van der Waals surface area contributed by atoms with E-state index in [1.54, 1.807) is 19.4 Å². The van der Waals surface area contributed by atoms with Crippen molar-refractivity contribution in [1.29, 1.82) is 0 Å². The van der Waals surface area contributed by atoms with Gasteiger partial charge < -0.3 is 15.0 Å². The molecule has 1 N–H and O–H groups in total. The van der Waals surface area contributed by atoms with Crippen LogP contribution in [0.3, 0.4) is 0 Å². The van der Waals surface area contributed by atoms with Crippen molar-refractivity contribution in [2.24, 2.45) is 0 Å². The number of anilines is 2. The molecule has 2 aromatic heterocycles. The van der Waals surface area contributed by atoms with Crippen molar-refractivity contribution in [3.05, 3.63) is 23.7 Å². The first kappa shape index (κ1) is 14.0. The summed E-state index contributed by atoms with van der Waals surface area (Å²) in [4.78, 5) is 19.0. The van der Waals surface area contributed by atoms with Gasteiger partial charge in [-0.15, -0.1) is 0 Å². The second-order valence-electron chi connectivity index (χ2n) is 4.53. The molecule has 8 heteroatoms. The summed E-state index contributed by atoms with van der Waals surface area (Å²) < 4.78 is 5.35. The molecule has 0 aliphatic carbocycles. The molecule has 1 aliphatic heterocycles. The molecule has 3 rings (SSSR count). The second-order valence-corrected chi connectivity index (χ2v) is 4.86. The summed E-state index contributed by atoms with van der Waals surface area (Å²) in [5.41, 5.74) is 1.51. The van der Waals surface area contributed by atoms with Gasteiger partial charge in [-0.1, -0.05) is 0 Å². The van der Waals surface area contributed by atoms with Crippen LogP contribution in [-0.4, -0.2) is 53.3 Å². The van der Waals surface area contributed by atoms with Crippen LogP contribution in [0.4, 0.5) is 11.8 Å². The highest BCUT2D eigenvalue weighted by Crippen LogP contribution is 2.23. The predicted octanol–water partition coefficient (Wildman–Crippen LogP) is 1.47. The van der Waals surface area contributed by atoms with Gasteiger partial charge in [-0.2, -0.15) is 0 Å². The van der Waals surface area contributed by atoms with Crippen LogP contribution in [0.5, 0.6) is 0 Å². The van der Waals surface area contributed by atoms with E-state index in [0.717, 1.165) is 24.5 Å². The zero-order valence-electron chi connectivity index (χ0n) is 11.6. The number of halogens is 1. The minimum Gasteiger partial charge on any atom is -0.378 e. The van der Waals surface area contributed by atoms with E-state index in [1.807, 2.05) is 6.07 Å². The Labute approximate surface area is 127 Å². The van der Waals surface area contributed by atoms with Crippen molar-refractivity contribution >= 4 is 23.4 Å². The van der Waals surface area contributed by atoms with E-state index in [4.69, 9.17) is 16.3 Å². The standard InChI is InChI=1S/C13H15ClN6O/c1-15-13-16-7-9(8-17-13)10-6-11(19-12(14)18-10)20-2-4-21-5-3-20/h6-8H,2-5H2,1H3,(H,15,16,17). The van der Waals surface area contributed by atoms with E-state index in [2.05, 4.69) is 30.2 Å². The maximum atomic E-state index is 6.04. The number of hydrogen-bond acceptors (Lipinski definition) is 7. The summed E-state index contributed by atoms with van der Waals surface area (Å²) in [7, 11) is 1.77. The maximum absolute atomic E-state index is 6.04. The highest BCUT2D eigenvalue weighted by Gasteiger charge is 2.15. The van der Waals surface area contributed by atoms with E-state index in [1.165, 1.54) is 0 Å². The normalized spacial score (nSPS) is 15.0. The molecule has 2 aromatic rings. The topological polar surface area (TPSA) is 76.1 Å². The number of aromatic nitrogens is 4. The zero-order valence-corrected chi connectivity index (χ0v) is 12.3. The Kier molecular flexibility index (Phi) is 4.12. The smallest absolute Gasteiger partial charge is 0.224 e. The summed E-state index contributed by atoms with van der Waals surface area (Å²) in [6, 6.07) is 1.90. The minimum absolute atomic E-state index is 0.215. The third kappa shape index (κ3) is 3.20. The van der Waals surface area contributed by atoms with Crippen LogP contribution >= 0.6 is 11.6 Å². The van der Waals surface area contributed by atoms with Crippen molar-refractivity contribution in [2.45, 2.75) is 0 Å². The van der Waals surface area contributed by atoms with Gasteiger partial charge in [0.2, 0.25) is 11.2 Å². The molecule has 110 valence electrons. The minimum atomic E-state index is 0.215. The van der Waals surface area contributed by atoms with Crippen molar-refractivity contribution < 1.29 is 4.74 Å². The van der Waals surface area contributed by atoms with Crippen molar-refractivity contribution in [3.8, 4) is 11.3 Å². The summed E-state index contributed by atoms with van der Waals surface area (Å²) in [5, 5.41) is 3.09. The Morgan fingerprint density at radius 2 is 1.90 bits per heavy atom. The van der Waals surface area contributed by atoms with E-state index in [-0.39, 0.29) is 5.28 Å². The molecule has 0 amide bonds. The van der Waals surface area contributed by atoms with Crippen LogP contribution in [0, 0.1) is 0 Å². The second kappa shape index (κ2) is 6.19. The summed E-state index contributed by atoms with van der Waals surface area (Å²) >= 11 is 6.04. The Morgan fingerprint density at radius 3 is 2.57 bits per heavy atom. The molecule has 1 aliphatic rings. The van der Waals surface area contributed by atoms with E-state index in [9.17, 15) is 0 Å². The van der Waals surface area contributed by atoms with Crippen molar-refractivity contribution in [2.75, 3.05) is 43.6 Å². The van der Waals surface area contributed by atoms with Gasteiger partial charge >= 0.3 is 0 Å². The molecule has 0 atom stereocenters. The summed E-state index contributed by atoms with van der Waals surface area (Å²) in [6.45, 7) is 2.97. The number of ether oxygens (including phenoxy) is 1. The first-order valence-electron chi connectivity index (χ1n) is 6.64. The molecule has 0 unspecified atom stereocenters. The lowest BCUT2D eigenvalue weighted by atomic mass is 10.2. The molecule has 0 radical (unpaired) electrons. The average molecular weight is 307 g/mol. The maximum Gasteiger partial charge on any atom is 0.224 e. The molecule has 1 saturated heterocycles. The fourth-order valence-electron chi connectivity index (χ4n) is 2.10. The van der Waals surface area contributed by atoms with E-state index in [0.29, 0.717) is 24.9 Å².